The van der Waals surface area contributed by atoms with E-state index in [9.17, 15) is 23.2 Å². The molecule has 0 amide bonds. The minimum Gasteiger partial charge on any atom is -0.427 e. The number of halogens is 3. The maximum atomic E-state index is 12.9. The van der Waals surface area contributed by atoms with Crippen LogP contribution in [-0.4, -0.2) is 22.1 Å². The molecule has 1 aromatic carbocycles. The summed E-state index contributed by atoms with van der Waals surface area (Å²) in [6.45, 7) is 9.62. The molecular weight excluding hydrogens is 371 g/mol. The van der Waals surface area contributed by atoms with Gasteiger partial charge in [-0.2, -0.15) is 13.2 Å². The summed E-state index contributed by atoms with van der Waals surface area (Å²) in [6, 6.07) is 3.95. The van der Waals surface area contributed by atoms with Crippen LogP contribution in [0.2, 0.25) is 0 Å². The molecule has 1 aromatic rings. The highest BCUT2D eigenvalue weighted by molar-refractivity contribution is 5.90. The van der Waals surface area contributed by atoms with Gasteiger partial charge in [-0.05, 0) is 68.9 Å². The third-order valence-electron chi connectivity index (χ3n) is 5.72. The lowest BCUT2D eigenvalue weighted by Gasteiger charge is -2.44. The molecule has 1 saturated heterocycles. The first-order chi connectivity index (χ1) is 12.7. The van der Waals surface area contributed by atoms with Crippen molar-refractivity contribution in [3.63, 3.8) is 0 Å². The highest BCUT2D eigenvalue weighted by Crippen LogP contribution is 2.55. The standard InChI is InChI=1S/C21H25F3NO3/c1-18(2)11-16(15-10-19(3,4)25(27)20(15,5)12-18)28-17(26)13-6-8-14(9-7-13)21(22,23)24/h6-9H,10-12H2,1-5H3. The normalized spacial score (nSPS) is 26.9. The van der Waals surface area contributed by atoms with Crippen molar-refractivity contribution >= 4 is 5.97 Å². The first kappa shape index (κ1) is 20.9. The van der Waals surface area contributed by atoms with Gasteiger partial charge in [-0.15, -0.1) is 10.3 Å². The Hall–Kier alpha value is -1.86. The van der Waals surface area contributed by atoms with E-state index in [1.54, 1.807) is 0 Å². The Morgan fingerprint density at radius 2 is 1.61 bits per heavy atom. The van der Waals surface area contributed by atoms with Gasteiger partial charge in [0.2, 0.25) is 0 Å². The van der Waals surface area contributed by atoms with Crippen molar-refractivity contribution in [3.8, 4) is 0 Å². The SMILES string of the molecule is CC1(C)CC(OC(=O)c2ccc(C(F)(F)F)cc2)=C2CC(C)(C)N([O])C2(C)C1. The van der Waals surface area contributed by atoms with Crippen molar-refractivity contribution in [1.29, 1.82) is 0 Å². The van der Waals surface area contributed by atoms with Gasteiger partial charge in [0.25, 0.3) is 0 Å². The molecule has 3 rings (SSSR count). The van der Waals surface area contributed by atoms with Gasteiger partial charge < -0.3 is 4.74 Å². The number of hydrogen-bond acceptors (Lipinski definition) is 3. The zero-order valence-electron chi connectivity index (χ0n) is 16.7. The minimum atomic E-state index is -4.46. The van der Waals surface area contributed by atoms with E-state index in [2.05, 4.69) is 0 Å². The Balaban J connectivity index is 1.92. The summed E-state index contributed by atoms with van der Waals surface area (Å²) in [7, 11) is 0. The summed E-state index contributed by atoms with van der Waals surface area (Å²) in [5, 5.41) is 14.0. The largest absolute Gasteiger partial charge is 0.427 e. The van der Waals surface area contributed by atoms with E-state index < -0.39 is 28.8 Å². The van der Waals surface area contributed by atoms with E-state index in [1.807, 2.05) is 34.6 Å². The topological polar surface area (TPSA) is 49.4 Å². The molecule has 4 nitrogen and oxygen atoms in total. The molecule has 2 aliphatic rings. The molecule has 1 atom stereocenters. The number of allylic oxidation sites excluding steroid dienone is 1. The predicted molar refractivity (Wildman–Crippen MR) is 96.5 cm³/mol. The van der Waals surface area contributed by atoms with Crippen molar-refractivity contribution in [1.82, 2.24) is 5.06 Å². The summed E-state index contributed by atoms with van der Waals surface area (Å²) in [5.41, 5.74) is -1.60. The maximum absolute atomic E-state index is 12.9. The number of esters is 1. The molecule has 153 valence electrons. The van der Waals surface area contributed by atoms with Gasteiger partial charge in [0.1, 0.15) is 5.76 Å². The van der Waals surface area contributed by atoms with Crippen molar-refractivity contribution in [3.05, 3.63) is 46.7 Å². The molecule has 28 heavy (non-hydrogen) atoms. The van der Waals surface area contributed by atoms with Gasteiger partial charge in [-0.1, -0.05) is 13.8 Å². The van der Waals surface area contributed by atoms with Crippen LogP contribution in [-0.2, 0) is 16.1 Å². The summed E-state index contributed by atoms with van der Waals surface area (Å²) in [5.74, 6) is -0.242. The zero-order chi connectivity index (χ0) is 21.1. The van der Waals surface area contributed by atoms with Crippen LogP contribution in [0.5, 0.6) is 0 Å². The first-order valence-corrected chi connectivity index (χ1v) is 9.25. The third-order valence-corrected chi connectivity index (χ3v) is 5.72. The number of alkyl halides is 3. The van der Waals surface area contributed by atoms with E-state index in [4.69, 9.17) is 4.74 Å². The summed E-state index contributed by atoms with van der Waals surface area (Å²) >= 11 is 0. The van der Waals surface area contributed by atoms with Crippen molar-refractivity contribution in [2.75, 3.05) is 0 Å². The molecule has 0 spiro atoms. The number of benzene rings is 1. The number of fused-ring (bicyclic) bond motifs is 1. The smallest absolute Gasteiger partial charge is 0.416 e. The van der Waals surface area contributed by atoms with Gasteiger partial charge in [-0.25, -0.2) is 4.79 Å². The van der Waals surface area contributed by atoms with E-state index >= 15 is 0 Å². The van der Waals surface area contributed by atoms with Gasteiger partial charge in [0.15, 0.2) is 0 Å². The minimum absolute atomic E-state index is 0.0439. The lowest BCUT2D eigenvalue weighted by Crippen LogP contribution is -2.50. The lowest BCUT2D eigenvalue weighted by atomic mass is 9.68. The van der Waals surface area contributed by atoms with Crippen molar-refractivity contribution in [2.24, 2.45) is 5.41 Å². The van der Waals surface area contributed by atoms with Crippen LogP contribution in [0.3, 0.4) is 0 Å². The van der Waals surface area contributed by atoms with Gasteiger partial charge in [0.05, 0.1) is 16.7 Å². The molecule has 1 fully saturated rings. The Labute approximate surface area is 162 Å². The Morgan fingerprint density at radius 1 is 1.04 bits per heavy atom. The first-order valence-electron chi connectivity index (χ1n) is 9.25. The second-order valence-electron chi connectivity index (χ2n) is 9.44. The molecule has 0 bridgehead atoms. The number of nitrogens with zero attached hydrogens (tertiary/aromatic N) is 1. The van der Waals surface area contributed by atoms with Crippen LogP contribution in [0, 0.1) is 5.41 Å². The lowest BCUT2D eigenvalue weighted by molar-refractivity contribution is -0.251. The number of carbonyl (C=O) groups excluding carboxylic acids is 1. The van der Waals surface area contributed by atoms with Crippen LogP contribution in [0.15, 0.2) is 35.6 Å². The fourth-order valence-electron chi connectivity index (χ4n) is 4.66. The number of hydroxylamine groups is 2. The number of carbonyl (C=O) groups is 1. The Kier molecular flexibility index (Phi) is 4.71. The quantitative estimate of drug-likeness (QED) is 0.618. The molecule has 1 heterocycles. The van der Waals surface area contributed by atoms with Crippen molar-refractivity contribution < 1.29 is 27.9 Å². The summed E-state index contributed by atoms with van der Waals surface area (Å²) < 4.78 is 43.8. The molecule has 0 N–H and O–H groups in total. The van der Waals surface area contributed by atoms with Crippen molar-refractivity contribution in [2.45, 2.75) is 71.1 Å². The number of rotatable bonds is 2. The maximum Gasteiger partial charge on any atom is 0.416 e. The van der Waals surface area contributed by atoms with Crippen LogP contribution < -0.4 is 0 Å². The van der Waals surface area contributed by atoms with Crippen LogP contribution in [0.4, 0.5) is 13.2 Å². The fourth-order valence-corrected chi connectivity index (χ4v) is 4.66. The molecule has 7 heteroatoms. The van der Waals surface area contributed by atoms with Gasteiger partial charge in [0, 0.05) is 12.0 Å². The molecule has 1 aliphatic heterocycles. The predicted octanol–water partition coefficient (Wildman–Crippen LogP) is 5.52. The second-order valence-corrected chi connectivity index (χ2v) is 9.44. The molecule has 1 aliphatic carbocycles. The molecule has 1 radical (unpaired) electrons. The highest BCUT2D eigenvalue weighted by Gasteiger charge is 2.57. The average Bonchev–Trinajstić information content (AvgIpc) is 2.73. The summed E-state index contributed by atoms with van der Waals surface area (Å²) in [6.07, 6.45) is -2.84. The Bertz CT molecular complexity index is 824. The monoisotopic (exact) mass is 396 g/mol. The Morgan fingerprint density at radius 3 is 2.14 bits per heavy atom. The zero-order valence-corrected chi connectivity index (χ0v) is 16.7. The van der Waals surface area contributed by atoms with E-state index in [-0.39, 0.29) is 11.0 Å². The van der Waals surface area contributed by atoms with Crippen LogP contribution >= 0.6 is 0 Å². The van der Waals surface area contributed by atoms with Gasteiger partial charge in [-0.3, -0.25) is 0 Å². The van der Waals surface area contributed by atoms with Gasteiger partial charge >= 0.3 is 12.1 Å². The van der Waals surface area contributed by atoms with E-state index in [0.29, 0.717) is 25.0 Å². The highest BCUT2D eigenvalue weighted by atomic mass is 19.4. The number of hydrogen-bond donors (Lipinski definition) is 0. The molecule has 0 aromatic heterocycles. The molecule has 1 unspecified atom stereocenters. The van der Waals surface area contributed by atoms with E-state index in [0.717, 1.165) is 34.9 Å². The van der Waals surface area contributed by atoms with Crippen LogP contribution in [0.1, 0.15) is 69.8 Å². The summed E-state index contributed by atoms with van der Waals surface area (Å²) in [4.78, 5) is 12.6. The number of ether oxygens (including phenoxy) is 1. The second kappa shape index (κ2) is 6.32. The molecule has 0 saturated carbocycles. The van der Waals surface area contributed by atoms with E-state index in [1.165, 1.54) is 0 Å². The van der Waals surface area contributed by atoms with Crippen LogP contribution in [0.25, 0.3) is 0 Å². The third kappa shape index (κ3) is 3.57. The average molecular weight is 396 g/mol. The molecular formula is C21H25F3NO3. The fraction of sp³-hybridized carbons (Fsp3) is 0.571.